The zero-order chi connectivity index (χ0) is 19.7. The number of aromatic amines is 1. The van der Waals surface area contributed by atoms with E-state index in [0.717, 1.165) is 27.0 Å². The molecule has 0 aliphatic carbocycles. The second kappa shape index (κ2) is 7.66. The first-order chi connectivity index (χ1) is 13.6. The van der Waals surface area contributed by atoms with Gasteiger partial charge in [0.05, 0.1) is 7.11 Å². The van der Waals surface area contributed by atoms with Crippen LogP contribution in [0.4, 0.5) is 0 Å². The van der Waals surface area contributed by atoms with E-state index < -0.39 is 5.97 Å². The molecule has 0 amide bonds. The fraction of sp³-hybridized carbons (Fsp3) is 0.143. The minimum absolute atomic E-state index is 0.329. The quantitative estimate of drug-likeness (QED) is 0.416. The highest BCUT2D eigenvalue weighted by Crippen LogP contribution is 2.39. The number of nitrogens with zero attached hydrogens (tertiary/aromatic N) is 1. The Morgan fingerprint density at radius 2 is 2.07 bits per heavy atom. The average Bonchev–Trinajstić information content (AvgIpc) is 3.34. The number of benzene rings is 1. The van der Waals surface area contributed by atoms with Gasteiger partial charge in [0.25, 0.3) is 0 Å². The van der Waals surface area contributed by atoms with E-state index >= 15 is 0 Å². The molecule has 4 rings (SSSR count). The lowest BCUT2D eigenvalue weighted by atomic mass is 10.1. The van der Waals surface area contributed by atoms with Gasteiger partial charge < -0.3 is 14.5 Å². The van der Waals surface area contributed by atoms with Gasteiger partial charge in [0.15, 0.2) is 4.88 Å². The summed E-state index contributed by atoms with van der Waals surface area (Å²) >= 11 is 7.60. The third-order valence-electron chi connectivity index (χ3n) is 4.40. The van der Waals surface area contributed by atoms with Crippen molar-refractivity contribution >= 4 is 39.9 Å². The van der Waals surface area contributed by atoms with E-state index in [-0.39, 0.29) is 6.10 Å². The van der Waals surface area contributed by atoms with Gasteiger partial charge >= 0.3 is 5.97 Å². The van der Waals surface area contributed by atoms with Crippen LogP contribution >= 0.6 is 22.9 Å². The molecule has 3 heterocycles. The van der Waals surface area contributed by atoms with E-state index in [4.69, 9.17) is 21.1 Å². The molecule has 0 unspecified atom stereocenters. The van der Waals surface area contributed by atoms with Crippen LogP contribution in [-0.2, 0) is 4.74 Å². The lowest BCUT2D eigenvalue weighted by Gasteiger charge is -2.16. The summed E-state index contributed by atoms with van der Waals surface area (Å²) in [5.41, 5.74) is 2.57. The van der Waals surface area contributed by atoms with Gasteiger partial charge in [-0.2, -0.15) is 0 Å². The molecule has 7 heteroatoms. The molecule has 0 bridgehead atoms. The molecule has 0 saturated carbocycles. The molecule has 1 N–H and O–H groups in total. The Balaban J connectivity index is 1.71. The zero-order valence-electron chi connectivity index (χ0n) is 15.2. The van der Waals surface area contributed by atoms with Crippen LogP contribution in [0.3, 0.4) is 0 Å². The number of nitrogens with one attached hydrogen (secondary N) is 1. The number of rotatable bonds is 5. The van der Waals surface area contributed by atoms with Crippen LogP contribution in [-0.4, -0.2) is 23.0 Å². The number of carbonyl (C=O) groups excluding carboxylic acids is 1. The summed E-state index contributed by atoms with van der Waals surface area (Å²) < 4.78 is 11.0. The Morgan fingerprint density at radius 3 is 2.86 bits per heavy atom. The van der Waals surface area contributed by atoms with Gasteiger partial charge in [-0.1, -0.05) is 29.8 Å². The molecule has 1 atom stereocenters. The lowest BCUT2D eigenvalue weighted by molar-refractivity contribution is 0.0600. The van der Waals surface area contributed by atoms with Gasteiger partial charge in [-0.15, -0.1) is 11.3 Å². The molecule has 0 aliphatic rings. The first kappa shape index (κ1) is 18.5. The maximum absolute atomic E-state index is 12.3. The molecule has 0 spiro atoms. The number of ether oxygens (including phenoxy) is 2. The minimum atomic E-state index is -0.437. The standard InChI is InChI=1S/C21H17ClN2O3S/c1-12(15-5-3-4-6-16(15)22)27-17-10-18(28-19(17)21(25)26-2)14-9-13-7-8-23-20(13)24-11-14/h3-12H,1-2H3,(H,23,24)/t12-/m0/s1. The van der Waals surface area contributed by atoms with Crippen LogP contribution in [0.2, 0.25) is 5.02 Å². The Morgan fingerprint density at radius 1 is 1.25 bits per heavy atom. The summed E-state index contributed by atoms with van der Waals surface area (Å²) in [6.45, 7) is 1.90. The third-order valence-corrected chi connectivity index (χ3v) is 5.89. The topological polar surface area (TPSA) is 64.2 Å². The summed E-state index contributed by atoms with van der Waals surface area (Å²) in [5.74, 6) is 0.0294. The molecule has 0 aliphatic heterocycles. The summed E-state index contributed by atoms with van der Waals surface area (Å²) in [4.78, 5) is 21.1. The number of methoxy groups -OCH3 is 1. The summed E-state index contributed by atoms with van der Waals surface area (Å²) in [5, 5.41) is 1.62. The van der Waals surface area contributed by atoms with Crippen molar-refractivity contribution in [2.24, 2.45) is 0 Å². The van der Waals surface area contributed by atoms with Crippen molar-refractivity contribution in [3.63, 3.8) is 0 Å². The summed E-state index contributed by atoms with van der Waals surface area (Å²) in [7, 11) is 1.36. The molecule has 1 aromatic carbocycles. The van der Waals surface area contributed by atoms with E-state index in [0.29, 0.717) is 15.6 Å². The SMILES string of the molecule is COC(=O)c1sc(-c2cnc3[nH]ccc3c2)cc1O[C@@H](C)c1ccccc1Cl. The monoisotopic (exact) mass is 412 g/mol. The van der Waals surface area contributed by atoms with Crippen LogP contribution in [0, 0.1) is 0 Å². The molecular formula is C21H17ClN2O3S. The number of H-pyrrole nitrogens is 1. The predicted molar refractivity (Wildman–Crippen MR) is 111 cm³/mol. The van der Waals surface area contributed by atoms with Crippen LogP contribution in [0.1, 0.15) is 28.3 Å². The highest BCUT2D eigenvalue weighted by Gasteiger charge is 2.22. The fourth-order valence-corrected chi connectivity index (χ4v) is 4.25. The third kappa shape index (κ3) is 3.48. The van der Waals surface area contributed by atoms with Gasteiger partial charge in [-0.05, 0) is 31.2 Å². The number of carbonyl (C=O) groups is 1. The van der Waals surface area contributed by atoms with Crippen molar-refractivity contribution in [1.82, 2.24) is 9.97 Å². The van der Waals surface area contributed by atoms with Crippen molar-refractivity contribution in [1.29, 1.82) is 0 Å². The maximum Gasteiger partial charge on any atom is 0.351 e. The van der Waals surface area contributed by atoms with Crippen molar-refractivity contribution in [2.75, 3.05) is 7.11 Å². The Kier molecular flexibility index (Phi) is 5.07. The molecule has 0 radical (unpaired) electrons. The van der Waals surface area contributed by atoms with E-state index in [2.05, 4.69) is 9.97 Å². The fourth-order valence-electron chi connectivity index (χ4n) is 2.97. The largest absolute Gasteiger partial charge is 0.484 e. The number of thiophene rings is 1. The lowest BCUT2D eigenvalue weighted by Crippen LogP contribution is -2.07. The zero-order valence-corrected chi connectivity index (χ0v) is 16.8. The Hall–Kier alpha value is -2.83. The second-order valence-electron chi connectivity index (χ2n) is 6.22. The molecule has 142 valence electrons. The Bertz CT molecular complexity index is 1150. The normalized spacial score (nSPS) is 12.1. The van der Waals surface area contributed by atoms with E-state index in [1.54, 1.807) is 6.20 Å². The van der Waals surface area contributed by atoms with Gasteiger partial charge in [-0.3, -0.25) is 0 Å². The van der Waals surface area contributed by atoms with Gasteiger partial charge in [0.1, 0.15) is 17.5 Å². The first-order valence-corrected chi connectivity index (χ1v) is 9.83. The highest BCUT2D eigenvalue weighted by molar-refractivity contribution is 7.17. The molecule has 0 saturated heterocycles. The van der Waals surface area contributed by atoms with E-state index in [1.807, 2.05) is 55.6 Å². The number of halogens is 1. The van der Waals surface area contributed by atoms with Crippen molar-refractivity contribution in [3.05, 3.63) is 70.3 Å². The van der Waals surface area contributed by atoms with Crippen LogP contribution in [0.25, 0.3) is 21.5 Å². The Labute approximate surface area is 170 Å². The minimum Gasteiger partial charge on any atom is -0.484 e. The van der Waals surface area contributed by atoms with Crippen LogP contribution in [0.15, 0.2) is 54.9 Å². The highest BCUT2D eigenvalue weighted by atomic mass is 35.5. The van der Waals surface area contributed by atoms with Gasteiger partial charge in [0.2, 0.25) is 0 Å². The second-order valence-corrected chi connectivity index (χ2v) is 7.68. The van der Waals surface area contributed by atoms with Crippen molar-refractivity contribution in [2.45, 2.75) is 13.0 Å². The van der Waals surface area contributed by atoms with E-state index in [9.17, 15) is 4.79 Å². The molecule has 0 fully saturated rings. The van der Waals surface area contributed by atoms with Gasteiger partial charge in [0, 0.05) is 38.8 Å². The maximum atomic E-state index is 12.3. The van der Waals surface area contributed by atoms with Crippen LogP contribution in [0.5, 0.6) is 5.75 Å². The van der Waals surface area contributed by atoms with E-state index in [1.165, 1.54) is 18.4 Å². The van der Waals surface area contributed by atoms with Gasteiger partial charge in [-0.25, -0.2) is 9.78 Å². The number of hydrogen-bond donors (Lipinski definition) is 1. The number of pyridine rings is 1. The predicted octanol–water partition coefficient (Wildman–Crippen LogP) is 5.87. The number of aromatic nitrogens is 2. The average molecular weight is 413 g/mol. The number of hydrogen-bond acceptors (Lipinski definition) is 5. The number of esters is 1. The molecule has 28 heavy (non-hydrogen) atoms. The smallest absolute Gasteiger partial charge is 0.351 e. The molecular weight excluding hydrogens is 396 g/mol. The first-order valence-electron chi connectivity index (χ1n) is 8.63. The van der Waals surface area contributed by atoms with Crippen LogP contribution < -0.4 is 4.74 Å². The summed E-state index contributed by atoms with van der Waals surface area (Å²) in [6.07, 6.45) is 3.28. The number of fused-ring (bicyclic) bond motifs is 1. The molecule has 4 aromatic rings. The van der Waals surface area contributed by atoms with Crippen molar-refractivity contribution in [3.8, 4) is 16.2 Å². The molecule has 5 nitrogen and oxygen atoms in total. The summed E-state index contributed by atoms with van der Waals surface area (Å²) in [6, 6.07) is 13.3. The van der Waals surface area contributed by atoms with Crippen molar-refractivity contribution < 1.29 is 14.3 Å². The molecule has 3 aromatic heterocycles.